The SMILES string of the molecule is CN[C@H]1CCCC[C@@H]1C.[HH]. The Morgan fingerprint density at radius 3 is 2.44 bits per heavy atom. The van der Waals surface area contributed by atoms with Crippen molar-refractivity contribution in [3.63, 3.8) is 0 Å². The van der Waals surface area contributed by atoms with Crippen molar-refractivity contribution in [3.8, 4) is 0 Å². The summed E-state index contributed by atoms with van der Waals surface area (Å²) in [5.41, 5.74) is 0. The quantitative estimate of drug-likeness (QED) is 0.571. The average molecular weight is 129 g/mol. The minimum Gasteiger partial charge on any atom is -0.317 e. The van der Waals surface area contributed by atoms with Gasteiger partial charge in [0.05, 0.1) is 0 Å². The van der Waals surface area contributed by atoms with Gasteiger partial charge < -0.3 is 5.32 Å². The molecule has 0 saturated heterocycles. The number of hydrogen-bond donors (Lipinski definition) is 1. The third-order valence-corrected chi connectivity index (χ3v) is 2.48. The molecule has 1 fully saturated rings. The van der Waals surface area contributed by atoms with Crippen molar-refractivity contribution in [2.75, 3.05) is 7.05 Å². The van der Waals surface area contributed by atoms with Crippen LogP contribution in [-0.4, -0.2) is 13.1 Å². The lowest BCUT2D eigenvalue weighted by atomic mass is 9.86. The van der Waals surface area contributed by atoms with Gasteiger partial charge in [0, 0.05) is 7.47 Å². The van der Waals surface area contributed by atoms with E-state index >= 15 is 0 Å². The van der Waals surface area contributed by atoms with E-state index in [9.17, 15) is 0 Å². The van der Waals surface area contributed by atoms with Crippen LogP contribution in [0.5, 0.6) is 0 Å². The zero-order chi connectivity index (χ0) is 6.69. The molecule has 0 radical (unpaired) electrons. The van der Waals surface area contributed by atoms with E-state index in [1.807, 2.05) is 0 Å². The molecular formula is C8H19N. The van der Waals surface area contributed by atoms with Crippen molar-refractivity contribution < 1.29 is 1.43 Å². The third kappa shape index (κ3) is 1.68. The minimum absolute atomic E-state index is 0. The summed E-state index contributed by atoms with van der Waals surface area (Å²) < 4.78 is 0. The fraction of sp³-hybridized carbons (Fsp3) is 1.00. The van der Waals surface area contributed by atoms with Crippen LogP contribution in [0, 0.1) is 5.92 Å². The lowest BCUT2D eigenvalue weighted by Crippen LogP contribution is -2.34. The van der Waals surface area contributed by atoms with Crippen LogP contribution in [0.3, 0.4) is 0 Å². The van der Waals surface area contributed by atoms with E-state index in [1.54, 1.807) is 0 Å². The van der Waals surface area contributed by atoms with Gasteiger partial charge in [0.1, 0.15) is 0 Å². The Morgan fingerprint density at radius 1 is 1.33 bits per heavy atom. The maximum atomic E-state index is 3.35. The Kier molecular flexibility index (Phi) is 2.52. The molecule has 0 amide bonds. The van der Waals surface area contributed by atoms with Crippen LogP contribution >= 0.6 is 0 Å². The molecule has 0 aromatic heterocycles. The molecule has 0 spiro atoms. The number of nitrogens with one attached hydrogen (secondary N) is 1. The van der Waals surface area contributed by atoms with Gasteiger partial charge in [-0.05, 0) is 25.8 Å². The van der Waals surface area contributed by atoms with Crippen molar-refractivity contribution in [1.29, 1.82) is 0 Å². The molecule has 1 saturated carbocycles. The maximum absolute atomic E-state index is 3.35. The Hall–Kier alpha value is -0.0400. The summed E-state index contributed by atoms with van der Waals surface area (Å²) in [5, 5.41) is 3.35. The van der Waals surface area contributed by atoms with Crippen LogP contribution in [-0.2, 0) is 0 Å². The van der Waals surface area contributed by atoms with Crippen molar-refractivity contribution in [1.82, 2.24) is 5.32 Å². The van der Waals surface area contributed by atoms with Crippen LogP contribution in [0.15, 0.2) is 0 Å². The van der Waals surface area contributed by atoms with Crippen molar-refractivity contribution in [3.05, 3.63) is 0 Å². The van der Waals surface area contributed by atoms with E-state index in [4.69, 9.17) is 0 Å². The zero-order valence-corrected chi connectivity index (χ0v) is 6.48. The van der Waals surface area contributed by atoms with Gasteiger partial charge in [0.15, 0.2) is 0 Å². The first-order valence-corrected chi connectivity index (χ1v) is 4.02. The van der Waals surface area contributed by atoms with Gasteiger partial charge in [-0.2, -0.15) is 0 Å². The lowest BCUT2D eigenvalue weighted by molar-refractivity contribution is 0.294. The van der Waals surface area contributed by atoms with Crippen LogP contribution in [0.25, 0.3) is 0 Å². The first kappa shape index (κ1) is 7.07. The average Bonchev–Trinajstić information content (AvgIpc) is 1.89. The van der Waals surface area contributed by atoms with Crippen LogP contribution < -0.4 is 5.32 Å². The molecule has 2 atom stereocenters. The van der Waals surface area contributed by atoms with Crippen molar-refractivity contribution in [2.24, 2.45) is 5.92 Å². The van der Waals surface area contributed by atoms with E-state index in [1.165, 1.54) is 25.7 Å². The maximum Gasteiger partial charge on any atom is 0.00896 e. The second-order valence-corrected chi connectivity index (χ2v) is 3.16. The third-order valence-electron chi connectivity index (χ3n) is 2.48. The second-order valence-electron chi connectivity index (χ2n) is 3.16. The monoisotopic (exact) mass is 129 g/mol. The van der Waals surface area contributed by atoms with E-state index in [-0.39, 0.29) is 1.43 Å². The van der Waals surface area contributed by atoms with Crippen LogP contribution in [0.4, 0.5) is 0 Å². The minimum atomic E-state index is 0. The highest BCUT2D eigenvalue weighted by molar-refractivity contribution is 4.75. The smallest absolute Gasteiger partial charge is 0.00896 e. The summed E-state index contributed by atoms with van der Waals surface area (Å²) in [6.07, 6.45) is 5.68. The molecule has 1 rings (SSSR count). The molecule has 0 aromatic rings. The zero-order valence-electron chi connectivity index (χ0n) is 6.48. The highest BCUT2D eigenvalue weighted by Crippen LogP contribution is 2.22. The van der Waals surface area contributed by atoms with Crippen molar-refractivity contribution in [2.45, 2.75) is 38.6 Å². The Morgan fingerprint density at radius 2 is 2.00 bits per heavy atom. The Bertz CT molecular complexity index is 85.3. The Labute approximate surface area is 59.3 Å². The molecule has 0 aliphatic heterocycles. The van der Waals surface area contributed by atoms with Gasteiger partial charge in [0.2, 0.25) is 0 Å². The molecule has 56 valence electrons. The van der Waals surface area contributed by atoms with Crippen LogP contribution in [0.2, 0.25) is 0 Å². The fourth-order valence-corrected chi connectivity index (χ4v) is 1.75. The Balaban J connectivity index is 0.000000810. The number of rotatable bonds is 1. The normalized spacial score (nSPS) is 36.7. The molecular weight excluding hydrogens is 110 g/mol. The standard InChI is InChI=1S/C8H17N.H2/c1-7-5-3-4-6-8(7)9-2;/h7-9H,3-6H2,1-2H3;1H/t7-,8-;/m0./s1. The summed E-state index contributed by atoms with van der Waals surface area (Å²) in [6.45, 7) is 2.35. The molecule has 9 heavy (non-hydrogen) atoms. The van der Waals surface area contributed by atoms with E-state index in [0.29, 0.717) is 0 Å². The van der Waals surface area contributed by atoms with Gasteiger partial charge in [0.25, 0.3) is 0 Å². The highest BCUT2D eigenvalue weighted by Gasteiger charge is 2.18. The second kappa shape index (κ2) is 3.21. The summed E-state index contributed by atoms with van der Waals surface area (Å²) >= 11 is 0. The number of hydrogen-bond acceptors (Lipinski definition) is 1. The molecule has 0 bridgehead atoms. The molecule has 1 N–H and O–H groups in total. The van der Waals surface area contributed by atoms with E-state index in [2.05, 4.69) is 19.3 Å². The molecule has 1 aliphatic rings. The molecule has 1 nitrogen and oxygen atoms in total. The van der Waals surface area contributed by atoms with Crippen molar-refractivity contribution >= 4 is 0 Å². The highest BCUT2D eigenvalue weighted by atomic mass is 14.9. The largest absolute Gasteiger partial charge is 0.317 e. The van der Waals surface area contributed by atoms with Gasteiger partial charge in [-0.25, -0.2) is 0 Å². The van der Waals surface area contributed by atoms with E-state index < -0.39 is 0 Å². The molecule has 0 aromatic carbocycles. The predicted molar refractivity (Wildman–Crippen MR) is 42.6 cm³/mol. The fourth-order valence-electron chi connectivity index (χ4n) is 1.75. The summed E-state index contributed by atoms with van der Waals surface area (Å²) in [6, 6.07) is 0.804. The predicted octanol–water partition coefficient (Wildman–Crippen LogP) is 2.03. The molecule has 1 heteroatoms. The molecule has 0 unspecified atom stereocenters. The van der Waals surface area contributed by atoms with Gasteiger partial charge in [-0.3, -0.25) is 0 Å². The first-order valence-electron chi connectivity index (χ1n) is 4.02. The van der Waals surface area contributed by atoms with E-state index in [0.717, 1.165) is 12.0 Å². The summed E-state index contributed by atoms with van der Waals surface area (Å²) in [7, 11) is 2.08. The van der Waals surface area contributed by atoms with Gasteiger partial charge in [-0.15, -0.1) is 0 Å². The first-order chi connectivity index (χ1) is 4.34. The van der Waals surface area contributed by atoms with Gasteiger partial charge >= 0.3 is 0 Å². The van der Waals surface area contributed by atoms with Gasteiger partial charge in [-0.1, -0.05) is 19.8 Å². The molecule has 0 heterocycles. The summed E-state index contributed by atoms with van der Waals surface area (Å²) in [4.78, 5) is 0. The lowest BCUT2D eigenvalue weighted by Gasteiger charge is -2.27. The summed E-state index contributed by atoms with van der Waals surface area (Å²) in [5.74, 6) is 0.906. The molecule has 1 aliphatic carbocycles. The van der Waals surface area contributed by atoms with Crippen LogP contribution in [0.1, 0.15) is 34.0 Å². The topological polar surface area (TPSA) is 12.0 Å².